The van der Waals surface area contributed by atoms with E-state index in [9.17, 15) is 4.79 Å². The van der Waals surface area contributed by atoms with Crippen molar-refractivity contribution in [2.45, 2.75) is 26.5 Å². The summed E-state index contributed by atoms with van der Waals surface area (Å²) in [6.07, 6.45) is 1.67. The van der Waals surface area contributed by atoms with Crippen molar-refractivity contribution >= 4 is 5.91 Å². The van der Waals surface area contributed by atoms with Gasteiger partial charge in [0.15, 0.2) is 0 Å². The predicted molar refractivity (Wildman–Crippen MR) is 93.9 cm³/mol. The van der Waals surface area contributed by atoms with Gasteiger partial charge in [-0.15, -0.1) is 0 Å². The molecule has 0 aliphatic carbocycles. The number of nitrogens with one attached hydrogen (secondary N) is 1. The highest BCUT2D eigenvalue weighted by molar-refractivity contribution is 5.94. The van der Waals surface area contributed by atoms with Gasteiger partial charge >= 0.3 is 0 Å². The number of hydrogen-bond acceptors (Lipinski definition) is 4. The monoisotopic (exact) mass is 330 g/mol. The molecule has 1 aromatic heterocycles. The van der Waals surface area contributed by atoms with Gasteiger partial charge in [0.05, 0.1) is 18.9 Å². The van der Waals surface area contributed by atoms with Crippen molar-refractivity contribution in [1.82, 2.24) is 10.2 Å². The molecule has 0 bridgehead atoms. The normalized spacial score (nSPS) is 12.3. The number of carbonyl (C=O) groups excluding carboxylic acids is 1. The number of carbonyl (C=O) groups is 1. The average Bonchev–Trinajstić information content (AvgIpc) is 3.13. The van der Waals surface area contributed by atoms with Gasteiger partial charge in [-0.2, -0.15) is 0 Å². The van der Waals surface area contributed by atoms with E-state index in [0.717, 1.165) is 24.4 Å². The number of likely N-dealkylation sites (N-methyl/N-ethyl adjacent to an activating group) is 1. The molecule has 0 radical (unpaired) electrons. The first kappa shape index (κ1) is 18.2. The molecule has 2 rings (SSSR count). The van der Waals surface area contributed by atoms with E-state index in [1.807, 2.05) is 36.4 Å². The molecule has 5 heteroatoms. The Hall–Kier alpha value is -2.11. The van der Waals surface area contributed by atoms with Gasteiger partial charge in [0.1, 0.15) is 5.76 Å². The molecule has 0 aliphatic rings. The van der Waals surface area contributed by atoms with Gasteiger partial charge in [0, 0.05) is 19.2 Å². The molecule has 0 fully saturated rings. The van der Waals surface area contributed by atoms with E-state index in [1.54, 1.807) is 13.4 Å². The van der Waals surface area contributed by atoms with E-state index in [-0.39, 0.29) is 11.9 Å². The molecule has 2 aromatic rings. The van der Waals surface area contributed by atoms with Crippen LogP contribution in [0.3, 0.4) is 0 Å². The van der Waals surface area contributed by atoms with Crippen molar-refractivity contribution in [3.8, 4) is 0 Å². The molecule has 1 atom stereocenters. The van der Waals surface area contributed by atoms with Crippen LogP contribution in [0.1, 0.15) is 41.6 Å². The van der Waals surface area contributed by atoms with Gasteiger partial charge in [-0.1, -0.05) is 26.0 Å². The molecule has 1 heterocycles. The Labute approximate surface area is 143 Å². The Morgan fingerprint density at radius 1 is 1.21 bits per heavy atom. The summed E-state index contributed by atoms with van der Waals surface area (Å²) in [4.78, 5) is 14.7. The summed E-state index contributed by atoms with van der Waals surface area (Å²) in [6, 6.07) is 11.3. The maximum Gasteiger partial charge on any atom is 0.251 e. The Kier molecular flexibility index (Phi) is 7.03. The van der Waals surface area contributed by atoms with Crippen LogP contribution in [0, 0.1) is 0 Å². The lowest BCUT2D eigenvalue weighted by atomic mass is 10.1. The lowest BCUT2D eigenvalue weighted by molar-refractivity contribution is 0.0929. The standard InChI is InChI=1S/C19H26N2O3/c1-4-21(5-2)17(18-7-6-12-24-18)13-20-19(22)16-10-8-15(9-11-16)14-23-3/h6-12,17H,4-5,13-14H2,1-3H3,(H,20,22). The number of amides is 1. The van der Waals surface area contributed by atoms with Crippen LogP contribution in [0.5, 0.6) is 0 Å². The second-order valence-corrected chi connectivity index (χ2v) is 5.59. The van der Waals surface area contributed by atoms with Crippen LogP contribution in [0.4, 0.5) is 0 Å². The molecule has 1 N–H and O–H groups in total. The topological polar surface area (TPSA) is 54.7 Å². The third kappa shape index (κ3) is 4.69. The second-order valence-electron chi connectivity index (χ2n) is 5.59. The molecule has 1 unspecified atom stereocenters. The molecular weight excluding hydrogens is 304 g/mol. The maximum absolute atomic E-state index is 12.4. The summed E-state index contributed by atoms with van der Waals surface area (Å²) < 4.78 is 10.6. The van der Waals surface area contributed by atoms with Gasteiger partial charge in [0.25, 0.3) is 5.91 Å². The van der Waals surface area contributed by atoms with Crippen LogP contribution in [0.25, 0.3) is 0 Å². The molecule has 5 nitrogen and oxygen atoms in total. The van der Waals surface area contributed by atoms with Crippen molar-refractivity contribution in [2.75, 3.05) is 26.7 Å². The first-order chi connectivity index (χ1) is 11.7. The largest absolute Gasteiger partial charge is 0.468 e. The van der Waals surface area contributed by atoms with E-state index >= 15 is 0 Å². The van der Waals surface area contributed by atoms with E-state index in [0.29, 0.717) is 18.7 Å². The summed E-state index contributed by atoms with van der Waals surface area (Å²) in [5.74, 6) is 0.789. The van der Waals surface area contributed by atoms with E-state index in [1.165, 1.54) is 0 Å². The number of methoxy groups -OCH3 is 1. The number of ether oxygens (including phenoxy) is 1. The predicted octanol–water partition coefficient (Wildman–Crippen LogP) is 3.24. The first-order valence-electron chi connectivity index (χ1n) is 8.33. The molecule has 24 heavy (non-hydrogen) atoms. The first-order valence-corrected chi connectivity index (χ1v) is 8.33. The molecule has 1 aromatic carbocycles. The molecule has 130 valence electrons. The van der Waals surface area contributed by atoms with E-state index < -0.39 is 0 Å². The fourth-order valence-electron chi connectivity index (χ4n) is 2.77. The minimum atomic E-state index is -0.0809. The van der Waals surface area contributed by atoms with Crippen LogP contribution in [-0.4, -0.2) is 37.6 Å². The number of rotatable bonds is 9. The molecular formula is C19H26N2O3. The van der Waals surface area contributed by atoms with Crippen LogP contribution in [0.2, 0.25) is 0 Å². The molecule has 0 saturated carbocycles. The second kappa shape index (κ2) is 9.25. The van der Waals surface area contributed by atoms with Crippen LogP contribution in [-0.2, 0) is 11.3 Å². The van der Waals surface area contributed by atoms with Crippen molar-refractivity contribution in [3.05, 3.63) is 59.5 Å². The zero-order valence-electron chi connectivity index (χ0n) is 14.6. The smallest absolute Gasteiger partial charge is 0.251 e. The minimum absolute atomic E-state index is 0.0340. The Balaban J connectivity index is 2.01. The highest BCUT2D eigenvalue weighted by atomic mass is 16.5. The van der Waals surface area contributed by atoms with E-state index in [4.69, 9.17) is 9.15 Å². The van der Waals surface area contributed by atoms with Crippen LogP contribution < -0.4 is 5.32 Å². The number of benzene rings is 1. The molecule has 0 aliphatic heterocycles. The number of hydrogen-bond donors (Lipinski definition) is 1. The van der Waals surface area contributed by atoms with Crippen molar-refractivity contribution < 1.29 is 13.9 Å². The highest BCUT2D eigenvalue weighted by Crippen LogP contribution is 2.20. The zero-order chi connectivity index (χ0) is 17.4. The van der Waals surface area contributed by atoms with Gasteiger partial charge in [-0.25, -0.2) is 0 Å². The van der Waals surface area contributed by atoms with Gasteiger partial charge in [-0.3, -0.25) is 9.69 Å². The third-order valence-electron chi connectivity index (χ3n) is 4.11. The third-order valence-corrected chi connectivity index (χ3v) is 4.11. The van der Waals surface area contributed by atoms with Gasteiger partial charge < -0.3 is 14.5 Å². The van der Waals surface area contributed by atoms with Crippen molar-refractivity contribution in [3.63, 3.8) is 0 Å². The van der Waals surface area contributed by atoms with Crippen LogP contribution in [0.15, 0.2) is 47.1 Å². The van der Waals surface area contributed by atoms with Crippen molar-refractivity contribution in [1.29, 1.82) is 0 Å². The lowest BCUT2D eigenvalue weighted by Crippen LogP contribution is -2.37. The molecule has 0 saturated heterocycles. The minimum Gasteiger partial charge on any atom is -0.468 e. The SMILES string of the molecule is CCN(CC)C(CNC(=O)c1ccc(COC)cc1)c1ccco1. The highest BCUT2D eigenvalue weighted by Gasteiger charge is 2.21. The Morgan fingerprint density at radius 2 is 1.92 bits per heavy atom. The quantitative estimate of drug-likeness (QED) is 0.767. The Morgan fingerprint density at radius 3 is 2.46 bits per heavy atom. The number of furan rings is 1. The molecule has 0 spiro atoms. The summed E-state index contributed by atoms with van der Waals surface area (Å²) >= 11 is 0. The summed E-state index contributed by atoms with van der Waals surface area (Å²) in [7, 11) is 1.66. The zero-order valence-corrected chi connectivity index (χ0v) is 14.6. The Bertz CT molecular complexity index is 604. The molecule has 1 amide bonds. The fourth-order valence-corrected chi connectivity index (χ4v) is 2.77. The van der Waals surface area contributed by atoms with E-state index in [2.05, 4.69) is 24.1 Å². The summed E-state index contributed by atoms with van der Waals surface area (Å²) in [6.45, 7) is 7.05. The average molecular weight is 330 g/mol. The lowest BCUT2D eigenvalue weighted by Gasteiger charge is -2.28. The van der Waals surface area contributed by atoms with Gasteiger partial charge in [-0.05, 0) is 42.9 Å². The maximum atomic E-state index is 12.4. The van der Waals surface area contributed by atoms with Gasteiger partial charge in [0.2, 0.25) is 0 Å². The van der Waals surface area contributed by atoms with Crippen LogP contribution >= 0.6 is 0 Å². The number of nitrogens with zero attached hydrogens (tertiary/aromatic N) is 1. The van der Waals surface area contributed by atoms with Crippen molar-refractivity contribution in [2.24, 2.45) is 0 Å². The fraction of sp³-hybridized carbons (Fsp3) is 0.421. The summed E-state index contributed by atoms with van der Waals surface area (Å²) in [5, 5.41) is 3.02. The summed E-state index contributed by atoms with van der Waals surface area (Å²) in [5.41, 5.74) is 1.69.